The van der Waals surface area contributed by atoms with E-state index in [4.69, 9.17) is 5.73 Å². The van der Waals surface area contributed by atoms with E-state index in [-0.39, 0.29) is 6.04 Å². The summed E-state index contributed by atoms with van der Waals surface area (Å²) in [5, 5.41) is 0. The molecule has 0 aromatic rings. The maximum atomic E-state index is 5.64. The van der Waals surface area contributed by atoms with Crippen molar-refractivity contribution in [3.05, 3.63) is 24.3 Å². The lowest BCUT2D eigenvalue weighted by molar-refractivity contribution is 0.582. The highest BCUT2D eigenvalue weighted by atomic mass is 14.6. The number of hydrogen-bond acceptors (Lipinski definition) is 1. The van der Waals surface area contributed by atoms with Crippen molar-refractivity contribution >= 4 is 0 Å². The molecular formula is C9H17N. The smallest absolute Gasteiger partial charge is 0.00708 e. The highest BCUT2D eigenvalue weighted by Gasteiger charge is 2.00. The van der Waals surface area contributed by atoms with Gasteiger partial charge in [0.05, 0.1) is 0 Å². The quantitative estimate of drug-likeness (QED) is 0.595. The molecule has 0 aromatic heterocycles. The minimum Gasteiger partial charge on any atom is -0.327 e. The van der Waals surface area contributed by atoms with Crippen LogP contribution in [0.3, 0.4) is 0 Å². The molecule has 0 heterocycles. The summed E-state index contributed by atoms with van der Waals surface area (Å²) < 4.78 is 0. The van der Waals surface area contributed by atoms with Gasteiger partial charge in [0.15, 0.2) is 0 Å². The van der Waals surface area contributed by atoms with Crippen LogP contribution in [-0.2, 0) is 0 Å². The SMILES string of the molecule is C/C=C\C=C/C(C)[C@H](C)N. The van der Waals surface area contributed by atoms with Crippen molar-refractivity contribution in [2.24, 2.45) is 11.7 Å². The number of allylic oxidation sites excluding steroid dienone is 3. The Bertz CT molecular complexity index is 123. The van der Waals surface area contributed by atoms with Gasteiger partial charge in [-0.1, -0.05) is 31.2 Å². The molecule has 0 bridgehead atoms. The summed E-state index contributed by atoms with van der Waals surface area (Å²) >= 11 is 0. The van der Waals surface area contributed by atoms with Gasteiger partial charge < -0.3 is 5.73 Å². The van der Waals surface area contributed by atoms with E-state index in [1.54, 1.807) is 0 Å². The number of hydrogen-bond donors (Lipinski definition) is 1. The van der Waals surface area contributed by atoms with Crippen LogP contribution in [0.4, 0.5) is 0 Å². The molecular weight excluding hydrogens is 122 g/mol. The minimum absolute atomic E-state index is 0.251. The highest BCUT2D eigenvalue weighted by Crippen LogP contribution is 2.00. The largest absolute Gasteiger partial charge is 0.327 e. The molecule has 2 atom stereocenters. The number of rotatable bonds is 3. The summed E-state index contributed by atoms with van der Waals surface area (Å²) in [4.78, 5) is 0. The summed E-state index contributed by atoms with van der Waals surface area (Å²) in [7, 11) is 0. The summed E-state index contributed by atoms with van der Waals surface area (Å²) in [5.74, 6) is 0.469. The van der Waals surface area contributed by atoms with Gasteiger partial charge in [-0.2, -0.15) is 0 Å². The van der Waals surface area contributed by atoms with Crippen molar-refractivity contribution in [3.63, 3.8) is 0 Å². The fraction of sp³-hybridized carbons (Fsp3) is 0.556. The van der Waals surface area contributed by atoms with Gasteiger partial charge in [0.2, 0.25) is 0 Å². The van der Waals surface area contributed by atoms with E-state index in [2.05, 4.69) is 13.0 Å². The van der Waals surface area contributed by atoms with Crippen molar-refractivity contribution in [1.82, 2.24) is 0 Å². The standard InChI is InChI=1S/C9H17N/c1-4-5-6-7-8(2)9(3)10/h4-9H,10H2,1-3H3/b5-4-,7-6-/t8?,9-/m0/s1. The summed E-state index contributed by atoms with van der Waals surface area (Å²) in [6.07, 6.45) is 8.17. The Labute approximate surface area is 63.6 Å². The molecule has 10 heavy (non-hydrogen) atoms. The molecule has 2 N–H and O–H groups in total. The normalized spacial score (nSPS) is 18.4. The molecule has 1 unspecified atom stereocenters. The van der Waals surface area contributed by atoms with Crippen molar-refractivity contribution in [1.29, 1.82) is 0 Å². The van der Waals surface area contributed by atoms with Crippen LogP contribution in [0.15, 0.2) is 24.3 Å². The first-order chi connectivity index (χ1) is 4.68. The van der Waals surface area contributed by atoms with Crippen LogP contribution in [0.1, 0.15) is 20.8 Å². The van der Waals surface area contributed by atoms with Crippen LogP contribution >= 0.6 is 0 Å². The van der Waals surface area contributed by atoms with Gasteiger partial charge in [-0.15, -0.1) is 0 Å². The monoisotopic (exact) mass is 139 g/mol. The van der Waals surface area contributed by atoms with Gasteiger partial charge in [0.1, 0.15) is 0 Å². The molecule has 1 heteroatoms. The molecule has 0 aliphatic heterocycles. The van der Waals surface area contributed by atoms with E-state index < -0.39 is 0 Å². The number of nitrogens with two attached hydrogens (primary N) is 1. The summed E-state index contributed by atoms with van der Waals surface area (Å²) in [6.45, 7) is 6.14. The van der Waals surface area contributed by atoms with Crippen LogP contribution in [0.5, 0.6) is 0 Å². The zero-order valence-corrected chi connectivity index (χ0v) is 7.04. The first kappa shape index (κ1) is 9.44. The van der Waals surface area contributed by atoms with Crippen LogP contribution in [-0.4, -0.2) is 6.04 Å². The van der Waals surface area contributed by atoms with E-state index in [9.17, 15) is 0 Å². The zero-order chi connectivity index (χ0) is 7.98. The maximum Gasteiger partial charge on any atom is 0.00708 e. The van der Waals surface area contributed by atoms with Crippen LogP contribution in [0.2, 0.25) is 0 Å². The van der Waals surface area contributed by atoms with E-state index in [0.717, 1.165) is 0 Å². The Kier molecular flexibility index (Phi) is 4.95. The summed E-state index contributed by atoms with van der Waals surface area (Å²) in [5.41, 5.74) is 5.64. The molecule has 1 nitrogen and oxygen atoms in total. The Morgan fingerprint density at radius 2 is 1.80 bits per heavy atom. The lowest BCUT2D eigenvalue weighted by Crippen LogP contribution is -2.22. The van der Waals surface area contributed by atoms with Crippen molar-refractivity contribution in [2.75, 3.05) is 0 Å². The van der Waals surface area contributed by atoms with Gasteiger partial charge in [0, 0.05) is 6.04 Å². The molecule has 58 valence electrons. The maximum absolute atomic E-state index is 5.64. The molecule has 0 aliphatic rings. The van der Waals surface area contributed by atoms with E-state index >= 15 is 0 Å². The Morgan fingerprint density at radius 1 is 1.20 bits per heavy atom. The second-order valence-corrected chi connectivity index (χ2v) is 2.63. The molecule has 0 rings (SSSR count). The van der Waals surface area contributed by atoms with Gasteiger partial charge in [-0.25, -0.2) is 0 Å². The molecule has 0 radical (unpaired) electrons. The first-order valence-electron chi connectivity index (χ1n) is 3.73. The minimum atomic E-state index is 0.251. The molecule has 0 aliphatic carbocycles. The molecule has 0 spiro atoms. The molecule has 0 saturated heterocycles. The van der Waals surface area contributed by atoms with Gasteiger partial charge in [0.25, 0.3) is 0 Å². The van der Waals surface area contributed by atoms with Gasteiger partial charge in [-0.05, 0) is 19.8 Å². The van der Waals surface area contributed by atoms with Gasteiger partial charge >= 0.3 is 0 Å². The average Bonchev–Trinajstić information content (AvgIpc) is 1.88. The zero-order valence-electron chi connectivity index (χ0n) is 7.04. The lowest BCUT2D eigenvalue weighted by atomic mass is 10.0. The topological polar surface area (TPSA) is 26.0 Å². The fourth-order valence-corrected chi connectivity index (χ4v) is 0.526. The summed E-state index contributed by atoms with van der Waals surface area (Å²) in [6, 6.07) is 0.251. The van der Waals surface area contributed by atoms with Crippen molar-refractivity contribution in [2.45, 2.75) is 26.8 Å². The third-order valence-corrected chi connectivity index (χ3v) is 1.55. The van der Waals surface area contributed by atoms with Crippen LogP contribution < -0.4 is 5.73 Å². The third kappa shape index (κ3) is 4.33. The Hall–Kier alpha value is -0.560. The molecule has 0 aromatic carbocycles. The third-order valence-electron chi connectivity index (χ3n) is 1.55. The molecule has 0 saturated carbocycles. The Morgan fingerprint density at radius 3 is 2.20 bits per heavy atom. The van der Waals surface area contributed by atoms with E-state index in [1.807, 2.05) is 32.1 Å². The van der Waals surface area contributed by atoms with Crippen LogP contribution in [0, 0.1) is 5.92 Å². The first-order valence-corrected chi connectivity index (χ1v) is 3.73. The van der Waals surface area contributed by atoms with Crippen LogP contribution in [0.25, 0.3) is 0 Å². The highest BCUT2D eigenvalue weighted by molar-refractivity contribution is 5.03. The molecule has 0 amide bonds. The van der Waals surface area contributed by atoms with E-state index in [1.165, 1.54) is 0 Å². The second kappa shape index (κ2) is 5.24. The fourth-order valence-electron chi connectivity index (χ4n) is 0.526. The molecule has 0 fully saturated rings. The van der Waals surface area contributed by atoms with E-state index in [0.29, 0.717) is 5.92 Å². The van der Waals surface area contributed by atoms with Gasteiger partial charge in [-0.3, -0.25) is 0 Å². The predicted octanol–water partition coefficient (Wildman–Crippen LogP) is 2.10. The van der Waals surface area contributed by atoms with Crippen molar-refractivity contribution < 1.29 is 0 Å². The predicted molar refractivity (Wildman–Crippen MR) is 46.8 cm³/mol. The average molecular weight is 139 g/mol. The van der Waals surface area contributed by atoms with Crippen molar-refractivity contribution in [3.8, 4) is 0 Å². The lowest BCUT2D eigenvalue weighted by Gasteiger charge is -2.08. The Balaban J connectivity index is 3.66. The second-order valence-electron chi connectivity index (χ2n) is 2.63.